The molecule has 114 valence electrons. The Labute approximate surface area is 128 Å². The van der Waals surface area contributed by atoms with Crippen molar-refractivity contribution < 1.29 is 9.42 Å². The molecule has 6 heteroatoms. The fraction of sp³-hybridized carbons (Fsp3) is 0.312. The minimum Gasteiger partial charge on any atom is -0.378 e. The molecule has 2 atom stereocenters. The van der Waals surface area contributed by atoms with E-state index < -0.39 is 0 Å². The van der Waals surface area contributed by atoms with Crippen LogP contribution in [0, 0.1) is 5.92 Å². The van der Waals surface area contributed by atoms with Gasteiger partial charge >= 0.3 is 0 Å². The Morgan fingerprint density at radius 2 is 2.05 bits per heavy atom. The molecule has 0 aliphatic heterocycles. The van der Waals surface area contributed by atoms with Crippen LogP contribution in [0.15, 0.2) is 41.0 Å². The van der Waals surface area contributed by atoms with Gasteiger partial charge in [-0.25, -0.2) is 4.63 Å². The summed E-state index contributed by atoms with van der Waals surface area (Å²) in [5.41, 5.74) is 6.77. The number of nitrogens with zero attached hydrogens (tertiary/aromatic N) is 2. The number of nitrogens with two attached hydrogens (primary N) is 1. The van der Waals surface area contributed by atoms with E-state index in [0.29, 0.717) is 18.7 Å². The highest BCUT2D eigenvalue weighted by Gasteiger charge is 2.27. The number of nitrogens with one attached hydrogen (secondary N) is 1. The zero-order chi connectivity index (χ0) is 15.4. The number of aromatic nitrogens is 2. The van der Waals surface area contributed by atoms with E-state index in [1.807, 2.05) is 30.3 Å². The first-order valence-electron chi connectivity index (χ1n) is 7.30. The molecule has 6 nitrogen and oxygen atoms in total. The average Bonchev–Trinajstić information content (AvgIpc) is 2.91. The number of nitrogen functional groups attached to an aromatic ring is 1. The molecule has 0 bridgehead atoms. The van der Waals surface area contributed by atoms with Gasteiger partial charge in [-0.3, -0.25) is 4.79 Å². The van der Waals surface area contributed by atoms with Crippen molar-refractivity contribution in [1.82, 2.24) is 10.3 Å². The Balaban J connectivity index is 1.65. The van der Waals surface area contributed by atoms with Crippen molar-refractivity contribution >= 4 is 23.5 Å². The quantitative estimate of drug-likeness (QED) is 0.900. The molecule has 0 amide bonds. The van der Waals surface area contributed by atoms with Gasteiger partial charge in [-0.15, -0.1) is 0 Å². The zero-order valence-corrected chi connectivity index (χ0v) is 12.1. The van der Waals surface area contributed by atoms with Gasteiger partial charge in [-0.1, -0.05) is 42.5 Å². The molecule has 1 aromatic carbocycles. The van der Waals surface area contributed by atoms with Crippen molar-refractivity contribution in [2.75, 3.05) is 11.1 Å². The van der Waals surface area contributed by atoms with E-state index in [-0.39, 0.29) is 23.6 Å². The van der Waals surface area contributed by atoms with E-state index in [9.17, 15) is 4.79 Å². The van der Waals surface area contributed by atoms with Crippen LogP contribution >= 0.6 is 0 Å². The minimum absolute atomic E-state index is 0.000809. The number of carbonyl (C=O) groups excluding carboxylic acids is 1. The molecule has 2 aromatic rings. The number of benzene rings is 1. The second kappa shape index (κ2) is 6.43. The number of Topliss-reactive ketones (excluding diaryl/α,β-unsaturated/α-hetero) is 1. The van der Waals surface area contributed by atoms with Crippen molar-refractivity contribution in [3.05, 3.63) is 42.0 Å². The van der Waals surface area contributed by atoms with E-state index in [4.69, 9.17) is 5.73 Å². The maximum atomic E-state index is 11.9. The van der Waals surface area contributed by atoms with Crippen LogP contribution in [0.5, 0.6) is 0 Å². The predicted molar refractivity (Wildman–Crippen MR) is 83.9 cm³/mol. The molecular formula is C16H18N4O2. The Morgan fingerprint density at radius 3 is 2.77 bits per heavy atom. The lowest BCUT2D eigenvalue weighted by atomic mass is 9.84. The molecule has 0 radical (unpaired) electrons. The monoisotopic (exact) mass is 298 g/mol. The van der Waals surface area contributed by atoms with Crippen LogP contribution in [0.1, 0.15) is 24.8 Å². The highest BCUT2D eigenvalue weighted by Crippen LogP contribution is 2.27. The van der Waals surface area contributed by atoms with E-state index >= 15 is 0 Å². The summed E-state index contributed by atoms with van der Waals surface area (Å²) in [6.45, 7) is 0. The van der Waals surface area contributed by atoms with Gasteiger partial charge in [0.25, 0.3) is 0 Å². The van der Waals surface area contributed by atoms with Gasteiger partial charge in [0.2, 0.25) is 11.6 Å². The molecule has 1 aliphatic rings. The van der Waals surface area contributed by atoms with E-state index in [0.717, 1.165) is 12.0 Å². The average molecular weight is 298 g/mol. The largest absolute Gasteiger partial charge is 0.378 e. The Bertz CT molecular complexity index is 666. The van der Waals surface area contributed by atoms with Crippen molar-refractivity contribution in [2.45, 2.75) is 25.3 Å². The van der Waals surface area contributed by atoms with Crippen molar-refractivity contribution in [3.63, 3.8) is 0 Å². The lowest BCUT2D eigenvalue weighted by molar-refractivity contribution is -0.121. The smallest absolute Gasteiger partial charge is 0.215 e. The highest BCUT2D eigenvalue weighted by molar-refractivity contribution is 5.81. The van der Waals surface area contributed by atoms with Crippen LogP contribution in [-0.2, 0) is 4.79 Å². The summed E-state index contributed by atoms with van der Waals surface area (Å²) in [4.78, 5) is 11.9. The maximum Gasteiger partial charge on any atom is 0.215 e. The molecule has 0 unspecified atom stereocenters. The fourth-order valence-corrected chi connectivity index (χ4v) is 2.74. The number of carbonyl (C=O) groups is 1. The molecule has 1 aliphatic carbocycles. The Morgan fingerprint density at radius 1 is 1.23 bits per heavy atom. The molecule has 0 saturated heterocycles. The topological polar surface area (TPSA) is 94.0 Å². The lowest BCUT2D eigenvalue weighted by Crippen LogP contribution is -2.32. The van der Waals surface area contributed by atoms with Gasteiger partial charge in [0.05, 0.1) is 0 Å². The van der Waals surface area contributed by atoms with Crippen LogP contribution in [0.4, 0.5) is 11.6 Å². The van der Waals surface area contributed by atoms with E-state index in [1.54, 1.807) is 0 Å². The van der Waals surface area contributed by atoms with E-state index in [1.165, 1.54) is 0 Å². The van der Waals surface area contributed by atoms with Crippen LogP contribution in [0.25, 0.3) is 6.08 Å². The Hall–Kier alpha value is -2.63. The normalized spacial score (nSPS) is 22.1. The van der Waals surface area contributed by atoms with Gasteiger partial charge in [0, 0.05) is 18.9 Å². The molecule has 1 fully saturated rings. The second-order valence-corrected chi connectivity index (χ2v) is 5.55. The van der Waals surface area contributed by atoms with Gasteiger partial charge in [-0.2, -0.15) is 0 Å². The summed E-state index contributed by atoms with van der Waals surface area (Å²) in [5.74, 6) is 1.07. The maximum absolute atomic E-state index is 11.9. The third-order valence-corrected chi connectivity index (χ3v) is 3.77. The fourth-order valence-electron chi connectivity index (χ4n) is 2.74. The molecule has 3 rings (SSSR count). The first-order chi connectivity index (χ1) is 10.7. The molecule has 3 N–H and O–H groups in total. The minimum atomic E-state index is 0.000809. The summed E-state index contributed by atoms with van der Waals surface area (Å²) in [6.07, 6.45) is 6.06. The summed E-state index contributed by atoms with van der Waals surface area (Å²) in [6, 6.07) is 10.1. The number of allylic oxidation sites excluding steroid dienone is 1. The van der Waals surface area contributed by atoms with Gasteiger partial charge in [0.1, 0.15) is 5.78 Å². The number of hydrogen-bond acceptors (Lipinski definition) is 6. The van der Waals surface area contributed by atoms with Crippen LogP contribution in [0.3, 0.4) is 0 Å². The predicted octanol–water partition coefficient (Wildman–Crippen LogP) is 2.51. The van der Waals surface area contributed by atoms with Crippen LogP contribution in [0.2, 0.25) is 0 Å². The summed E-state index contributed by atoms with van der Waals surface area (Å²) in [7, 11) is 0. The van der Waals surface area contributed by atoms with Crippen molar-refractivity contribution in [3.8, 4) is 0 Å². The number of hydrogen-bond donors (Lipinski definition) is 2. The standard InChI is InChI=1S/C16H18N4O2/c17-15-16(20-22-19-15)18-13-8-12(9-14(21)10-13)7-6-11-4-2-1-3-5-11/h1-7,12-13H,8-10H2,(H2,17,19)(H,18,20)/b7-6+/t12-,13+/m0/s1. The van der Waals surface area contributed by atoms with E-state index in [2.05, 4.69) is 32.4 Å². The van der Waals surface area contributed by atoms with Crippen molar-refractivity contribution in [2.24, 2.45) is 5.92 Å². The third-order valence-electron chi connectivity index (χ3n) is 3.77. The SMILES string of the molecule is Nc1nonc1N[C@H]1CC(=O)C[C@@H](/C=C/c2ccccc2)C1. The summed E-state index contributed by atoms with van der Waals surface area (Å²) in [5, 5.41) is 10.4. The summed E-state index contributed by atoms with van der Waals surface area (Å²) < 4.78 is 4.56. The van der Waals surface area contributed by atoms with Crippen LogP contribution < -0.4 is 11.1 Å². The Kier molecular flexibility index (Phi) is 4.18. The molecular weight excluding hydrogens is 280 g/mol. The second-order valence-electron chi connectivity index (χ2n) is 5.55. The van der Waals surface area contributed by atoms with Gasteiger partial charge in [0.15, 0.2) is 0 Å². The number of rotatable bonds is 4. The van der Waals surface area contributed by atoms with Gasteiger partial charge in [-0.05, 0) is 28.2 Å². The number of ketones is 1. The number of anilines is 2. The zero-order valence-electron chi connectivity index (χ0n) is 12.1. The van der Waals surface area contributed by atoms with Crippen molar-refractivity contribution in [1.29, 1.82) is 0 Å². The van der Waals surface area contributed by atoms with Crippen LogP contribution in [-0.4, -0.2) is 22.1 Å². The first-order valence-corrected chi connectivity index (χ1v) is 7.30. The van der Waals surface area contributed by atoms with Gasteiger partial charge < -0.3 is 11.1 Å². The third kappa shape index (κ3) is 3.52. The molecule has 1 aromatic heterocycles. The molecule has 22 heavy (non-hydrogen) atoms. The molecule has 0 spiro atoms. The first kappa shape index (κ1) is 14.3. The molecule has 1 saturated carbocycles. The molecule has 1 heterocycles. The summed E-state index contributed by atoms with van der Waals surface area (Å²) >= 11 is 0. The lowest BCUT2D eigenvalue weighted by Gasteiger charge is -2.27. The highest BCUT2D eigenvalue weighted by atomic mass is 16.6.